The minimum Gasteiger partial charge on any atom is -0.330 e. The van der Waals surface area contributed by atoms with Crippen molar-refractivity contribution in [1.82, 2.24) is 4.98 Å². The molecule has 12 heavy (non-hydrogen) atoms. The molecule has 0 saturated heterocycles. The van der Waals surface area contributed by atoms with Gasteiger partial charge in [-0.1, -0.05) is 13.8 Å². The maximum atomic E-state index is 5.43. The standard InChI is InChI=1S/C9H16N2S/c1-7(2)9-11-6-8(12-9)4-3-5-10/h6-7H,3-5,10H2,1-2H3. The van der Waals surface area contributed by atoms with Crippen molar-refractivity contribution in [3.05, 3.63) is 16.1 Å². The second-order valence-electron chi connectivity index (χ2n) is 3.21. The van der Waals surface area contributed by atoms with Crippen molar-refractivity contribution in [2.75, 3.05) is 6.54 Å². The van der Waals surface area contributed by atoms with Gasteiger partial charge in [-0.3, -0.25) is 0 Å². The third-order valence-corrected chi connectivity index (χ3v) is 3.05. The Balaban J connectivity index is 2.52. The van der Waals surface area contributed by atoms with Crippen LogP contribution in [0.2, 0.25) is 0 Å². The Bertz CT molecular complexity index is 230. The summed E-state index contributed by atoms with van der Waals surface area (Å²) in [5, 5.41) is 1.24. The molecule has 0 saturated carbocycles. The molecule has 0 fully saturated rings. The molecule has 2 nitrogen and oxygen atoms in total. The summed E-state index contributed by atoms with van der Waals surface area (Å²) in [5.41, 5.74) is 5.43. The lowest BCUT2D eigenvalue weighted by atomic mass is 10.2. The van der Waals surface area contributed by atoms with E-state index < -0.39 is 0 Å². The summed E-state index contributed by atoms with van der Waals surface area (Å²) in [7, 11) is 0. The minimum atomic E-state index is 0.557. The summed E-state index contributed by atoms with van der Waals surface area (Å²) in [5.74, 6) is 0.557. The van der Waals surface area contributed by atoms with Gasteiger partial charge in [0.05, 0.1) is 5.01 Å². The van der Waals surface area contributed by atoms with E-state index in [1.165, 1.54) is 9.88 Å². The van der Waals surface area contributed by atoms with E-state index in [1.54, 1.807) is 0 Å². The molecule has 68 valence electrons. The minimum absolute atomic E-state index is 0.557. The van der Waals surface area contributed by atoms with E-state index in [4.69, 9.17) is 5.73 Å². The lowest BCUT2D eigenvalue weighted by molar-refractivity contribution is 0.838. The van der Waals surface area contributed by atoms with Crippen LogP contribution in [0.5, 0.6) is 0 Å². The summed E-state index contributed by atoms with van der Waals surface area (Å²) in [6.07, 6.45) is 4.14. The van der Waals surface area contributed by atoms with Gasteiger partial charge in [-0.05, 0) is 19.4 Å². The summed E-state index contributed by atoms with van der Waals surface area (Å²) in [4.78, 5) is 5.71. The van der Waals surface area contributed by atoms with Crippen LogP contribution < -0.4 is 5.73 Å². The topological polar surface area (TPSA) is 38.9 Å². The summed E-state index contributed by atoms with van der Waals surface area (Å²) in [6, 6.07) is 0. The highest BCUT2D eigenvalue weighted by Crippen LogP contribution is 2.21. The molecule has 0 aliphatic rings. The molecule has 0 atom stereocenters. The maximum absolute atomic E-state index is 5.43. The van der Waals surface area contributed by atoms with E-state index in [0.29, 0.717) is 5.92 Å². The number of nitrogens with zero attached hydrogens (tertiary/aromatic N) is 1. The number of hydrogen-bond acceptors (Lipinski definition) is 3. The first-order valence-electron chi connectivity index (χ1n) is 4.38. The maximum Gasteiger partial charge on any atom is 0.0953 e. The molecule has 0 aliphatic carbocycles. The van der Waals surface area contributed by atoms with E-state index in [1.807, 2.05) is 17.5 Å². The van der Waals surface area contributed by atoms with Gasteiger partial charge in [0, 0.05) is 17.0 Å². The van der Waals surface area contributed by atoms with Crippen LogP contribution in [-0.2, 0) is 6.42 Å². The van der Waals surface area contributed by atoms with Gasteiger partial charge in [0.1, 0.15) is 0 Å². The Morgan fingerprint density at radius 2 is 2.33 bits per heavy atom. The molecule has 0 aromatic carbocycles. The number of nitrogens with two attached hydrogens (primary N) is 1. The molecule has 0 unspecified atom stereocenters. The van der Waals surface area contributed by atoms with Gasteiger partial charge in [0.15, 0.2) is 0 Å². The largest absolute Gasteiger partial charge is 0.330 e. The smallest absolute Gasteiger partial charge is 0.0953 e. The Labute approximate surface area is 77.8 Å². The van der Waals surface area contributed by atoms with Gasteiger partial charge in [-0.25, -0.2) is 4.98 Å². The lowest BCUT2D eigenvalue weighted by Crippen LogP contribution is -1.99. The summed E-state index contributed by atoms with van der Waals surface area (Å²) < 4.78 is 0. The predicted octanol–water partition coefficient (Wildman–Crippen LogP) is 2.16. The van der Waals surface area contributed by atoms with Crippen molar-refractivity contribution in [3.63, 3.8) is 0 Å². The van der Waals surface area contributed by atoms with Crippen LogP contribution in [0.1, 0.15) is 36.1 Å². The van der Waals surface area contributed by atoms with Crippen molar-refractivity contribution in [2.24, 2.45) is 5.73 Å². The molecule has 0 bridgehead atoms. The van der Waals surface area contributed by atoms with Crippen LogP contribution in [0.3, 0.4) is 0 Å². The number of hydrogen-bond donors (Lipinski definition) is 1. The van der Waals surface area contributed by atoms with Crippen LogP contribution in [0.25, 0.3) is 0 Å². The van der Waals surface area contributed by atoms with Crippen LogP contribution in [0.4, 0.5) is 0 Å². The summed E-state index contributed by atoms with van der Waals surface area (Å²) in [6.45, 7) is 5.12. The van der Waals surface area contributed by atoms with Crippen LogP contribution >= 0.6 is 11.3 Å². The molecule has 0 aliphatic heterocycles. The fraction of sp³-hybridized carbons (Fsp3) is 0.667. The van der Waals surface area contributed by atoms with E-state index >= 15 is 0 Å². The lowest BCUT2D eigenvalue weighted by Gasteiger charge is -1.95. The van der Waals surface area contributed by atoms with Crippen LogP contribution in [0.15, 0.2) is 6.20 Å². The Morgan fingerprint density at radius 3 is 2.83 bits per heavy atom. The zero-order valence-corrected chi connectivity index (χ0v) is 8.53. The highest BCUT2D eigenvalue weighted by molar-refractivity contribution is 7.11. The number of rotatable bonds is 4. The molecule has 1 rings (SSSR count). The van der Waals surface area contributed by atoms with E-state index in [9.17, 15) is 0 Å². The van der Waals surface area contributed by atoms with E-state index in [0.717, 1.165) is 19.4 Å². The van der Waals surface area contributed by atoms with Gasteiger partial charge in [-0.15, -0.1) is 11.3 Å². The number of aromatic nitrogens is 1. The SMILES string of the molecule is CC(C)c1ncc(CCCN)s1. The van der Waals surface area contributed by atoms with Crippen LogP contribution in [-0.4, -0.2) is 11.5 Å². The average molecular weight is 184 g/mol. The average Bonchev–Trinajstić information content (AvgIpc) is 2.48. The van der Waals surface area contributed by atoms with Gasteiger partial charge in [0.25, 0.3) is 0 Å². The third kappa shape index (κ3) is 2.57. The molecular formula is C9H16N2S. The Morgan fingerprint density at radius 1 is 1.58 bits per heavy atom. The second kappa shape index (κ2) is 4.58. The highest BCUT2D eigenvalue weighted by Gasteiger charge is 2.04. The summed E-state index contributed by atoms with van der Waals surface area (Å²) >= 11 is 1.81. The van der Waals surface area contributed by atoms with Gasteiger partial charge in [0.2, 0.25) is 0 Å². The fourth-order valence-corrected chi connectivity index (χ4v) is 1.94. The molecule has 2 N–H and O–H groups in total. The molecule has 3 heteroatoms. The van der Waals surface area contributed by atoms with Gasteiger partial charge >= 0.3 is 0 Å². The van der Waals surface area contributed by atoms with Crippen molar-refractivity contribution in [2.45, 2.75) is 32.6 Å². The zero-order chi connectivity index (χ0) is 8.97. The van der Waals surface area contributed by atoms with Crippen molar-refractivity contribution < 1.29 is 0 Å². The normalized spacial score (nSPS) is 11.0. The Hall–Kier alpha value is -0.410. The first kappa shape index (κ1) is 9.68. The monoisotopic (exact) mass is 184 g/mol. The predicted molar refractivity (Wildman–Crippen MR) is 53.6 cm³/mol. The number of thiazole rings is 1. The molecule has 1 aromatic heterocycles. The van der Waals surface area contributed by atoms with Crippen LogP contribution in [0, 0.1) is 0 Å². The molecule has 0 radical (unpaired) electrons. The highest BCUT2D eigenvalue weighted by atomic mass is 32.1. The molecule has 1 aromatic rings. The van der Waals surface area contributed by atoms with Gasteiger partial charge < -0.3 is 5.73 Å². The Kier molecular flexibility index (Phi) is 3.69. The molecule has 0 spiro atoms. The van der Waals surface area contributed by atoms with Crippen molar-refractivity contribution in [3.8, 4) is 0 Å². The van der Waals surface area contributed by atoms with Gasteiger partial charge in [-0.2, -0.15) is 0 Å². The molecule has 1 heterocycles. The fourth-order valence-electron chi connectivity index (χ4n) is 0.981. The second-order valence-corrected chi connectivity index (χ2v) is 4.36. The number of aryl methyl sites for hydroxylation is 1. The van der Waals surface area contributed by atoms with Crippen molar-refractivity contribution >= 4 is 11.3 Å². The third-order valence-electron chi connectivity index (χ3n) is 1.69. The van der Waals surface area contributed by atoms with E-state index in [-0.39, 0.29) is 0 Å². The first-order chi connectivity index (χ1) is 5.74. The quantitative estimate of drug-likeness (QED) is 0.778. The zero-order valence-electron chi connectivity index (χ0n) is 7.71. The molecular weight excluding hydrogens is 168 g/mol. The van der Waals surface area contributed by atoms with E-state index in [2.05, 4.69) is 18.8 Å². The van der Waals surface area contributed by atoms with Crippen molar-refractivity contribution in [1.29, 1.82) is 0 Å². The molecule has 0 amide bonds. The first-order valence-corrected chi connectivity index (χ1v) is 5.20.